The molecule has 0 spiro atoms. The Bertz CT molecular complexity index is 271. The minimum Gasteiger partial charge on any atom is -0.330 e. The van der Waals surface area contributed by atoms with Crippen molar-refractivity contribution < 1.29 is 0 Å². The van der Waals surface area contributed by atoms with Gasteiger partial charge in [0.15, 0.2) is 0 Å². The van der Waals surface area contributed by atoms with Gasteiger partial charge in [-0.25, -0.2) is 0 Å². The van der Waals surface area contributed by atoms with Crippen LogP contribution in [0.4, 0.5) is 0 Å². The van der Waals surface area contributed by atoms with Gasteiger partial charge >= 0.3 is 0 Å². The maximum Gasteiger partial charge on any atom is 0.0243 e. The normalized spacial score (nSPS) is 31.3. The Morgan fingerprint density at radius 2 is 1.84 bits per heavy atom. The molecule has 0 aromatic carbocycles. The number of nitrogens with two attached hydrogens (primary N) is 1. The Labute approximate surface area is 119 Å². The van der Waals surface area contributed by atoms with Crippen LogP contribution in [0.3, 0.4) is 0 Å². The van der Waals surface area contributed by atoms with E-state index in [0.29, 0.717) is 11.6 Å². The number of hydrogen-bond donors (Lipinski definition) is 1. The highest BCUT2D eigenvalue weighted by atomic mass is 15.3. The van der Waals surface area contributed by atoms with Crippen molar-refractivity contribution >= 4 is 0 Å². The maximum absolute atomic E-state index is 5.89. The zero-order valence-electron chi connectivity index (χ0n) is 13.2. The van der Waals surface area contributed by atoms with E-state index in [1.807, 2.05) is 0 Å². The third-order valence-corrected chi connectivity index (χ3v) is 5.19. The van der Waals surface area contributed by atoms with Gasteiger partial charge in [0, 0.05) is 24.2 Å². The summed E-state index contributed by atoms with van der Waals surface area (Å²) in [6.45, 7) is 8.13. The third kappa shape index (κ3) is 3.71. The van der Waals surface area contributed by atoms with Crippen molar-refractivity contribution in [2.45, 2.75) is 76.4 Å². The first-order valence-electron chi connectivity index (χ1n) is 8.21. The van der Waals surface area contributed by atoms with E-state index in [-0.39, 0.29) is 0 Å². The molecule has 112 valence electrons. The van der Waals surface area contributed by atoms with Crippen molar-refractivity contribution in [2.75, 3.05) is 26.7 Å². The van der Waals surface area contributed by atoms with Crippen LogP contribution in [0.5, 0.6) is 0 Å². The lowest BCUT2D eigenvalue weighted by Gasteiger charge is -2.48. The predicted molar refractivity (Wildman–Crippen MR) is 82.4 cm³/mol. The van der Waals surface area contributed by atoms with Crippen molar-refractivity contribution in [3.05, 3.63) is 0 Å². The fourth-order valence-electron chi connectivity index (χ4n) is 4.20. The smallest absolute Gasteiger partial charge is 0.0243 e. The van der Waals surface area contributed by atoms with Gasteiger partial charge in [-0.2, -0.15) is 0 Å². The molecule has 1 saturated heterocycles. The van der Waals surface area contributed by atoms with Gasteiger partial charge in [0.1, 0.15) is 0 Å². The van der Waals surface area contributed by atoms with Gasteiger partial charge in [0.25, 0.3) is 0 Å². The summed E-state index contributed by atoms with van der Waals surface area (Å²) in [5.74, 6) is 0. The largest absolute Gasteiger partial charge is 0.330 e. The second-order valence-corrected chi connectivity index (χ2v) is 7.25. The SMILES string of the molecule is CN1CCC(C)(C)N(C2CCCCC2)C(CCN)C1. The van der Waals surface area contributed by atoms with E-state index in [2.05, 4.69) is 30.7 Å². The van der Waals surface area contributed by atoms with Gasteiger partial charge in [-0.3, -0.25) is 4.90 Å². The lowest BCUT2D eigenvalue weighted by Crippen LogP contribution is -2.56. The van der Waals surface area contributed by atoms with Gasteiger partial charge in [0.05, 0.1) is 0 Å². The summed E-state index contributed by atoms with van der Waals surface area (Å²) in [4.78, 5) is 5.37. The van der Waals surface area contributed by atoms with Crippen molar-refractivity contribution in [3.8, 4) is 0 Å². The Balaban J connectivity index is 2.18. The quantitative estimate of drug-likeness (QED) is 0.852. The molecule has 2 rings (SSSR count). The minimum absolute atomic E-state index is 0.326. The molecule has 1 unspecified atom stereocenters. The molecule has 0 radical (unpaired) electrons. The summed E-state index contributed by atoms with van der Waals surface area (Å²) in [6, 6.07) is 1.45. The van der Waals surface area contributed by atoms with E-state index in [0.717, 1.165) is 19.0 Å². The van der Waals surface area contributed by atoms with E-state index in [4.69, 9.17) is 5.73 Å². The van der Waals surface area contributed by atoms with E-state index >= 15 is 0 Å². The van der Waals surface area contributed by atoms with Crippen LogP contribution in [0, 0.1) is 0 Å². The lowest BCUT2D eigenvalue weighted by atomic mass is 9.87. The zero-order valence-corrected chi connectivity index (χ0v) is 13.2. The topological polar surface area (TPSA) is 32.5 Å². The second-order valence-electron chi connectivity index (χ2n) is 7.25. The summed E-state index contributed by atoms with van der Waals surface area (Å²) in [5.41, 5.74) is 6.22. The van der Waals surface area contributed by atoms with Crippen LogP contribution < -0.4 is 5.73 Å². The molecule has 2 aliphatic rings. The van der Waals surface area contributed by atoms with Crippen molar-refractivity contribution in [1.82, 2.24) is 9.80 Å². The third-order valence-electron chi connectivity index (χ3n) is 5.19. The average molecular weight is 267 g/mol. The number of nitrogens with zero attached hydrogens (tertiary/aromatic N) is 2. The Morgan fingerprint density at radius 3 is 2.47 bits per heavy atom. The van der Waals surface area contributed by atoms with E-state index in [1.54, 1.807) is 0 Å². The molecule has 1 aliphatic heterocycles. The first-order chi connectivity index (χ1) is 9.04. The molecular formula is C16H33N3. The van der Waals surface area contributed by atoms with Gasteiger partial charge < -0.3 is 10.6 Å². The fourth-order valence-corrected chi connectivity index (χ4v) is 4.20. The summed E-state index contributed by atoms with van der Waals surface area (Å²) in [7, 11) is 2.27. The zero-order chi connectivity index (χ0) is 13.9. The average Bonchev–Trinajstić information content (AvgIpc) is 2.48. The van der Waals surface area contributed by atoms with Gasteiger partial charge in [-0.1, -0.05) is 19.3 Å². The molecule has 19 heavy (non-hydrogen) atoms. The summed E-state index contributed by atoms with van der Waals surface area (Å²) in [5, 5.41) is 0. The van der Waals surface area contributed by atoms with Crippen LogP contribution in [-0.4, -0.2) is 54.1 Å². The molecular weight excluding hydrogens is 234 g/mol. The molecule has 0 aromatic heterocycles. The summed E-state index contributed by atoms with van der Waals surface area (Å²) >= 11 is 0. The highest BCUT2D eigenvalue weighted by Crippen LogP contribution is 2.34. The van der Waals surface area contributed by atoms with E-state index < -0.39 is 0 Å². The van der Waals surface area contributed by atoms with Gasteiger partial charge in [-0.05, 0) is 59.7 Å². The van der Waals surface area contributed by atoms with Gasteiger partial charge in [0.2, 0.25) is 0 Å². The summed E-state index contributed by atoms with van der Waals surface area (Å²) < 4.78 is 0. The van der Waals surface area contributed by atoms with Gasteiger partial charge in [-0.15, -0.1) is 0 Å². The van der Waals surface area contributed by atoms with Crippen LogP contribution in [0.2, 0.25) is 0 Å². The van der Waals surface area contributed by atoms with Crippen LogP contribution in [-0.2, 0) is 0 Å². The van der Waals surface area contributed by atoms with Crippen LogP contribution in [0.1, 0.15) is 58.8 Å². The standard InChI is InChI=1S/C16H33N3/c1-16(2)10-12-18(3)13-15(9-11-17)19(16)14-7-5-4-6-8-14/h14-15H,4-13,17H2,1-3H3. The first kappa shape index (κ1) is 15.3. The molecule has 0 bridgehead atoms. The number of rotatable bonds is 3. The molecule has 3 nitrogen and oxygen atoms in total. The van der Waals surface area contributed by atoms with Crippen LogP contribution in [0.15, 0.2) is 0 Å². The maximum atomic E-state index is 5.89. The van der Waals surface area contributed by atoms with Crippen LogP contribution in [0.25, 0.3) is 0 Å². The Hall–Kier alpha value is -0.120. The highest BCUT2D eigenvalue weighted by molar-refractivity contribution is 4.96. The van der Waals surface area contributed by atoms with Crippen molar-refractivity contribution in [1.29, 1.82) is 0 Å². The molecule has 1 atom stereocenters. The fraction of sp³-hybridized carbons (Fsp3) is 1.00. The molecule has 0 aromatic rings. The van der Waals surface area contributed by atoms with Crippen molar-refractivity contribution in [3.63, 3.8) is 0 Å². The number of likely N-dealkylation sites (N-methyl/N-ethyl adjacent to an activating group) is 1. The second kappa shape index (κ2) is 6.55. The van der Waals surface area contributed by atoms with Crippen LogP contribution >= 0.6 is 0 Å². The molecule has 0 amide bonds. The van der Waals surface area contributed by atoms with E-state index in [1.165, 1.54) is 51.6 Å². The van der Waals surface area contributed by atoms with E-state index in [9.17, 15) is 0 Å². The first-order valence-corrected chi connectivity index (χ1v) is 8.21. The predicted octanol–water partition coefficient (Wildman–Crippen LogP) is 2.45. The minimum atomic E-state index is 0.326. The van der Waals surface area contributed by atoms with Crippen molar-refractivity contribution in [2.24, 2.45) is 5.73 Å². The Kier molecular flexibility index (Phi) is 5.27. The molecule has 1 heterocycles. The number of hydrogen-bond acceptors (Lipinski definition) is 3. The molecule has 1 saturated carbocycles. The molecule has 1 aliphatic carbocycles. The highest BCUT2D eigenvalue weighted by Gasteiger charge is 2.39. The monoisotopic (exact) mass is 267 g/mol. The molecule has 3 heteroatoms. The Morgan fingerprint density at radius 1 is 1.16 bits per heavy atom. The molecule has 2 fully saturated rings. The summed E-state index contributed by atoms with van der Waals surface area (Å²) in [6.07, 6.45) is 9.49. The lowest BCUT2D eigenvalue weighted by molar-refractivity contribution is 0.00978. The molecule has 2 N–H and O–H groups in total.